The van der Waals surface area contributed by atoms with Gasteiger partial charge in [0.25, 0.3) is 5.91 Å². The van der Waals surface area contributed by atoms with Crippen LogP contribution in [0.1, 0.15) is 69.7 Å². The van der Waals surface area contributed by atoms with Gasteiger partial charge in [-0.2, -0.15) is 0 Å². The molecule has 246 valence electrons. The maximum atomic E-state index is 16.2. The van der Waals surface area contributed by atoms with Crippen molar-refractivity contribution < 1.29 is 18.7 Å². The Morgan fingerprint density at radius 3 is 2.59 bits per heavy atom. The highest BCUT2D eigenvalue weighted by Crippen LogP contribution is 2.60. The van der Waals surface area contributed by atoms with E-state index in [9.17, 15) is 9.90 Å². The summed E-state index contributed by atoms with van der Waals surface area (Å²) in [5, 5.41) is 19.3. The molecule has 1 spiro atoms. The number of carbonyl (C=O) groups is 1. The molecule has 2 aromatic carbocycles. The van der Waals surface area contributed by atoms with Crippen molar-refractivity contribution in [2.75, 3.05) is 18.1 Å². The van der Waals surface area contributed by atoms with E-state index in [1.165, 1.54) is 11.1 Å². The quantitative estimate of drug-likeness (QED) is 0.121. The van der Waals surface area contributed by atoms with E-state index in [2.05, 4.69) is 43.2 Å². The highest BCUT2D eigenvalue weighted by Gasteiger charge is 2.66. The Hall–Kier alpha value is -3.11. The molecule has 0 saturated carbocycles. The maximum absolute atomic E-state index is 16.2. The number of hydrogen-bond acceptors (Lipinski definition) is 5. The van der Waals surface area contributed by atoms with Crippen molar-refractivity contribution in [1.29, 1.82) is 0 Å². The van der Waals surface area contributed by atoms with E-state index in [0.717, 1.165) is 29.7 Å². The zero-order valence-corrected chi connectivity index (χ0v) is 29.5. The molecule has 1 N–H and O–H groups in total. The molecule has 1 aromatic heterocycles. The highest BCUT2D eigenvalue weighted by atomic mass is 35.5. The average molecular weight is 665 g/mol. The van der Waals surface area contributed by atoms with Gasteiger partial charge in [-0.1, -0.05) is 77.4 Å². The lowest BCUT2D eigenvalue weighted by Gasteiger charge is -2.31. The third-order valence-corrected chi connectivity index (χ3v) is 12.3. The van der Waals surface area contributed by atoms with Crippen LogP contribution in [-0.2, 0) is 21.7 Å². The molecular formula is C36H46ClFN4O3Si. The van der Waals surface area contributed by atoms with Crippen LogP contribution in [0.2, 0.25) is 23.7 Å². The molecule has 10 heteroatoms. The minimum absolute atomic E-state index is 0.0943. The number of carbonyl (C=O) groups excluding carboxylic acids is 1. The van der Waals surface area contributed by atoms with Crippen LogP contribution in [0.5, 0.6) is 0 Å². The van der Waals surface area contributed by atoms with E-state index < -0.39 is 31.6 Å². The second-order valence-electron chi connectivity index (χ2n) is 13.6. The second-order valence-corrected chi connectivity index (χ2v) is 17.8. The molecule has 7 nitrogen and oxygen atoms in total. The van der Waals surface area contributed by atoms with E-state index >= 15 is 4.11 Å². The summed E-state index contributed by atoms with van der Waals surface area (Å²) in [6, 6.07) is 15.2. The number of fused-ring (bicyclic) bond motifs is 2. The van der Waals surface area contributed by atoms with Crippen molar-refractivity contribution in [3.8, 4) is 0 Å². The average Bonchev–Trinajstić information content (AvgIpc) is 3.65. The lowest BCUT2D eigenvalue weighted by atomic mass is 9.82. The lowest BCUT2D eigenvalue weighted by molar-refractivity contribution is -0.145. The van der Waals surface area contributed by atoms with Crippen molar-refractivity contribution in [1.82, 2.24) is 15.0 Å². The molecule has 5 atom stereocenters. The van der Waals surface area contributed by atoms with Crippen molar-refractivity contribution in [2.24, 2.45) is 5.92 Å². The Kier molecular flexibility index (Phi) is 10.4. The molecule has 2 aliphatic heterocycles. The van der Waals surface area contributed by atoms with Crippen molar-refractivity contribution in [3.05, 3.63) is 99.9 Å². The molecular weight excluding hydrogens is 619 g/mol. The first-order valence-electron chi connectivity index (χ1n) is 16.2. The lowest BCUT2D eigenvalue weighted by Crippen LogP contribution is -2.45. The number of rotatable bonds is 12. The Bertz CT molecular complexity index is 1600. The molecule has 46 heavy (non-hydrogen) atoms. The van der Waals surface area contributed by atoms with Crippen LogP contribution < -0.4 is 4.90 Å². The van der Waals surface area contributed by atoms with Gasteiger partial charge in [0.05, 0.1) is 30.0 Å². The van der Waals surface area contributed by atoms with Crippen molar-refractivity contribution in [2.45, 2.75) is 89.8 Å². The number of anilines is 1. The fraction of sp³-hybridized carbons (Fsp3) is 0.472. The summed E-state index contributed by atoms with van der Waals surface area (Å²) in [7, 11) is -3.32. The number of ether oxygens (including phenoxy) is 1. The number of allylic oxidation sites excluding steroid dienone is 3. The number of nitrogens with zero attached hydrogens (tertiary/aromatic N) is 4. The predicted molar refractivity (Wildman–Crippen MR) is 184 cm³/mol. The van der Waals surface area contributed by atoms with Gasteiger partial charge in [0.15, 0.2) is 5.60 Å². The maximum Gasteiger partial charge on any atom is 0.264 e. The van der Waals surface area contributed by atoms with Gasteiger partial charge in [-0.3, -0.25) is 9.48 Å². The number of aliphatic hydroxyl groups excluding tert-OH is 1. The molecule has 0 aliphatic carbocycles. The monoisotopic (exact) mass is 664 g/mol. The molecule has 3 heterocycles. The van der Waals surface area contributed by atoms with Crippen LogP contribution in [0.3, 0.4) is 0 Å². The second kappa shape index (κ2) is 13.9. The summed E-state index contributed by atoms with van der Waals surface area (Å²) in [6.07, 6.45) is 7.98. The Morgan fingerprint density at radius 1 is 1.17 bits per heavy atom. The third-order valence-electron chi connectivity index (χ3n) is 9.58. The van der Waals surface area contributed by atoms with Crippen LogP contribution in [-0.4, -0.2) is 53.7 Å². The first-order chi connectivity index (χ1) is 21.9. The number of hydrogen-bond donors (Lipinski definition) is 1. The van der Waals surface area contributed by atoms with Crippen molar-refractivity contribution >= 4 is 31.6 Å². The summed E-state index contributed by atoms with van der Waals surface area (Å²) in [5.41, 5.74) is 3.85. The van der Waals surface area contributed by atoms with Gasteiger partial charge in [-0.05, 0) is 76.9 Å². The molecule has 1 unspecified atom stereocenters. The van der Waals surface area contributed by atoms with Gasteiger partial charge in [0.2, 0.25) is 8.41 Å². The van der Waals surface area contributed by atoms with E-state index in [0.29, 0.717) is 30.2 Å². The largest absolute Gasteiger partial charge is 0.395 e. The van der Waals surface area contributed by atoms with Crippen LogP contribution in [0.15, 0.2) is 78.0 Å². The smallest absolute Gasteiger partial charge is 0.264 e. The minimum Gasteiger partial charge on any atom is -0.395 e. The Balaban J connectivity index is 1.41. The van der Waals surface area contributed by atoms with Crippen LogP contribution in [0, 0.1) is 5.92 Å². The topological polar surface area (TPSA) is 80.5 Å². The fourth-order valence-electron chi connectivity index (χ4n) is 7.31. The standard InChI is InChI=1S/C36H46ClFN4O3Si/c1-24(2)11-10-12-25(3)17-20-42-32-16-15-28(37)21-30(32)36(35(42)44)26(4)34(46(5,6)38)33(45-36)18-19-41-22-31(39-40-41)29(23-43)27-13-8-7-9-14-27/h7-9,11,13-17,21-22,26,29,33-34,43H,10,12,18-20,23H2,1-6H3/b25-17+/t26-,29?,33+,34-,36+/m1/s1. The molecule has 1 fully saturated rings. The van der Waals surface area contributed by atoms with Crippen LogP contribution in [0.4, 0.5) is 9.80 Å². The number of aliphatic hydroxyl groups is 1. The third kappa shape index (κ3) is 6.79. The van der Waals surface area contributed by atoms with Crippen molar-refractivity contribution in [3.63, 3.8) is 0 Å². The van der Waals surface area contributed by atoms with Crippen LogP contribution in [0.25, 0.3) is 0 Å². The molecule has 1 saturated heterocycles. The Labute approximate surface area is 278 Å². The molecule has 3 aromatic rings. The van der Waals surface area contributed by atoms with Gasteiger partial charge in [-0.15, -0.1) is 5.10 Å². The molecule has 2 aliphatic rings. The van der Waals surface area contributed by atoms with Gasteiger partial charge >= 0.3 is 0 Å². The summed E-state index contributed by atoms with van der Waals surface area (Å²) in [6.45, 7) is 12.4. The molecule has 1 amide bonds. The highest BCUT2D eigenvalue weighted by molar-refractivity contribution is 6.72. The van der Waals surface area contributed by atoms with E-state index in [1.54, 1.807) is 28.7 Å². The van der Waals surface area contributed by atoms with E-state index in [-0.39, 0.29) is 18.4 Å². The van der Waals surface area contributed by atoms with E-state index in [1.807, 2.05) is 55.6 Å². The van der Waals surface area contributed by atoms with Gasteiger partial charge in [0, 0.05) is 41.3 Å². The normalized spacial score (nSPS) is 23.7. The van der Waals surface area contributed by atoms with Gasteiger partial charge in [-0.25, -0.2) is 0 Å². The SMILES string of the molecule is CC(C)=CCC/C(C)=C/CN1C(=O)[C@@]2(O[C@@H](CCn3cc(C(CO)c4ccccc4)nn3)[C@H]([Si](C)(C)F)[C@H]2C)c2cc(Cl)ccc21. The fourth-order valence-corrected chi connectivity index (χ4v) is 10.0. The minimum atomic E-state index is -3.32. The summed E-state index contributed by atoms with van der Waals surface area (Å²) >= 11 is 6.52. The summed E-state index contributed by atoms with van der Waals surface area (Å²) < 4.78 is 24.8. The Morgan fingerprint density at radius 2 is 1.91 bits per heavy atom. The summed E-state index contributed by atoms with van der Waals surface area (Å²) in [5.74, 6) is -0.850. The number of benzene rings is 2. The zero-order chi connectivity index (χ0) is 33.2. The molecule has 5 rings (SSSR count). The number of aromatic nitrogens is 3. The summed E-state index contributed by atoms with van der Waals surface area (Å²) in [4.78, 5) is 16.3. The predicted octanol–water partition coefficient (Wildman–Crippen LogP) is 7.96. The number of amides is 1. The van der Waals surface area contributed by atoms with E-state index in [4.69, 9.17) is 16.3 Å². The van der Waals surface area contributed by atoms with Gasteiger partial charge in [0.1, 0.15) is 0 Å². The van der Waals surface area contributed by atoms with Gasteiger partial charge < -0.3 is 18.9 Å². The molecule has 0 radical (unpaired) electrons. The molecule has 0 bridgehead atoms. The number of halogens is 2. The number of aryl methyl sites for hydroxylation is 1. The zero-order valence-electron chi connectivity index (χ0n) is 27.7. The van der Waals surface area contributed by atoms with Crippen LogP contribution >= 0.6 is 11.6 Å². The first-order valence-corrected chi connectivity index (χ1v) is 19.5. The first kappa shape index (κ1) is 34.2.